The number of pyridine rings is 1. The third-order valence-corrected chi connectivity index (χ3v) is 4.26. The van der Waals surface area contributed by atoms with Crippen LogP contribution in [0.25, 0.3) is 26.8 Å². The van der Waals surface area contributed by atoms with E-state index >= 15 is 0 Å². The van der Waals surface area contributed by atoms with Crippen LogP contribution in [-0.2, 0) is 0 Å². The Morgan fingerprint density at radius 2 is 2.15 bits per heavy atom. The molecule has 4 aromatic rings. The topological polar surface area (TPSA) is 50.7 Å². The smallest absolute Gasteiger partial charge is 0.281 e. The van der Waals surface area contributed by atoms with Crippen LogP contribution in [0.2, 0.25) is 0 Å². The maximum absolute atomic E-state index is 12.4. The minimum atomic E-state index is -0.0579. The van der Waals surface area contributed by atoms with Crippen LogP contribution in [0.3, 0.4) is 0 Å². The van der Waals surface area contributed by atoms with E-state index < -0.39 is 0 Å². The molecule has 0 amide bonds. The number of H-pyrrole nitrogens is 1. The molecule has 0 fully saturated rings. The van der Waals surface area contributed by atoms with Gasteiger partial charge < -0.3 is 0 Å². The summed E-state index contributed by atoms with van der Waals surface area (Å²) in [5, 5.41) is 7.63. The molecule has 1 N–H and O–H groups in total. The Hall–Kier alpha value is -2.40. The van der Waals surface area contributed by atoms with Crippen LogP contribution in [0.1, 0.15) is 5.56 Å². The zero-order valence-corrected chi connectivity index (χ0v) is 11.6. The molecule has 0 aliphatic carbocycles. The maximum Gasteiger partial charge on any atom is 0.281 e. The van der Waals surface area contributed by atoms with Crippen molar-refractivity contribution < 1.29 is 0 Å². The predicted molar refractivity (Wildman–Crippen MR) is 81.8 cm³/mol. The summed E-state index contributed by atoms with van der Waals surface area (Å²) in [5.74, 6) is 0. The van der Waals surface area contributed by atoms with Gasteiger partial charge in [0, 0.05) is 11.6 Å². The summed E-state index contributed by atoms with van der Waals surface area (Å²) in [6.07, 6.45) is 1.65. The average molecular weight is 281 g/mol. The van der Waals surface area contributed by atoms with Crippen molar-refractivity contribution in [1.82, 2.24) is 14.8 Å². The van der Waals surface area contributed by atoms with E-state index in [0.29, 0.717) is 5.39 Å². The van der Waals surface area contributed by atoms with Gasteiger partial charge in [-0.2, -0.15) is 0 Å². The molecular weight excluding hydrogens is 270 g/mol. The van der Waals surface area contributed by atoms with Crippen molar-refractivity contribution in [2.45, 2.75) is 6.92 Å². The number of fused-ring (bicyclic) bond motifs is 3. The van der Waals surface area contributed by atoms with Crippen molar-refractivity contribution in [3.8, 4) is 5.00 Å². The van der Waals surface area contributed by atoms with Gasteiger partial charge in [0.25, 0.3) is 5.56 Å². The highest BCUT2D eigenvalue weighted by molar-refractivity contribution is 7.12. The molecule has 0 atom stereocenters. The van der Waals surface area contributed by atoms with Gasteiger partial charge in [-0.3, -0.25) is 14.9 Å². The van der Waals surface area contributed by atoms with Crippen molar-refractivity contribution >= 4 is 33.1 Å². The van der Waals surface area contributed by atoms with Crippen molar-refractivity contribution in [2.75, 3.05) is 0 Å². The molecule has 0 spiro atoms. The van der Waals surface area contributed by atoms with Crippen molar-refractivity contribution in [1.29, 1.82) is 0 Å². The van der Waals surface area contributed by atoms with Gasteiger partial charge in [0.05, 0.1) is 16.4 Å². The van der Waals surface area contributed by atoms with Crippen LogP contribution in [0, 0.1) is 6.92 Å². The lowest BCUT2D eigenvalue weighted by Crippen LogP contribution is -2.12. The molecule has 0 bridgehead atoms. The molecule has 98 valence electrons. The van der Waals surface area contributed by atoms with E-state index in [2.05, 4.69) is 10.1 Å². The SMILES string of the molecule is Cc1ccc2c(c1)ncc1c(=O)n(-c3cccs3)[nH]c12. The molecule has 0 saturated heterocycles. The highest BCUT2D eigenvalue weighted by atomic mass is 32.1. The number of hydrogen-bond acceptors (Lipinski definition) is 3. The monoisotopic (exact) mass is 281 g/mol. The van der Waals surface area contributed by atoms with E-state index in [9.17, 15) is 4.79 Å². The van der Waals surface area contributed by atoms with Gasteiger partial charge >= 0.3 is 0 Å². The van der Waals surface area contributed by atoms with Crippen LogP contribution in [0.5, 0.6) is 0 Å². The fourth-order valence-electron chi connectivity index (χ4n) is 2.42. The molecule has 0 aliphatic rings. The minimum absolute atomic E-state index is 0.0579. The standard InChI is InChI=1S/C15H11N3OS/c1-9-4-5-10-12(7-9)16-8-11-14(10)17-18(15(11)19)13-3-2-6-20-13/h2-8,17H,1H3. The number of aryl methyl sites for hydroxylation is 1. The predicted octanol–water partition coefficient (Wildman–Crippen LogP) is 3.24. The van der Waals surface area contributed by atoms with Crippen LogP contribution in [-0.4, -0.2) is 14.8 Å². The first-order valence-electron chi connectivity index (χ1n) is 6.28. The van der Waals surface area contributed by atoms with Crippen LogP contribution < -0.4 is 5.56 Å². The quantitative estimate of drug-likeness (QED) is 0.582. The van der Waals surface area contributed by atoms with Crippen molar-refractivity contribution in [3.63, 3.8) is 0 Å². The number of nitrogens with zero attached hydrogens (tertiary/aromatic N) is 2. The Kier molecular flexibility index (Phi) is 2.31. The van der Waals surface area contributed by atoms with Gasteiger partial charge in [0.15, 0.2) is 0 Å². The molecule has 5 heteroatoms. The summed E-state index contributed by atoms with van der Waals surface area (Å²) in [6.45, 7) is 2.03. The lowest BCUT2D eigenvalue weighted by molar-refractivity contribution is 0.881. The molecule has 3 aromatic heterocycles. The molecular formula is C15H11N3OS. The second kappa shape index (κ2) is 4.05. The fraction of sp³-hybridized carbons (Fsp3) is 0.0667. The van der Waals surface area contributed by atoms with E-state index in [-0.39, 0.29) is 5.56 Å². The number of nitrogens with one attached hydrogen (secondary N) is 1. The van der Waals surface area contributed by atoms with E-state index in [1.165, 1.54) is 11.3 Å². The summed E-state index contributed by atoms with van der Waals surface area (Å²) < 4.78 is 1.58. The Balaban J connectivity index is 2.14. The highest BCUT2D eigenvalue weighted by Gasteiger charge is 2.12. The highest BCUT2D eigenvalue weighted by Crippen LogP contribution is 2.22. The first-order chi connectivity index (χ1) is 9.74. The zero-order valence-electron chi connectivity index (χ0n) is 10.8. The first-order valence-corrected chi connectivity index (χ1v) is 7.16. The van der Waals surface area contributed by atoms with E-state index in [0.717, 1.165) is 27.0 Å². The third kappa shape index (κ3) is 1.53. The molecule has 3 heterocycles. The Bertz CT molecular complexity index is 980. The van der Waals surface area contributed by atoms with Gasteiger partial charge in [-0.05, 0) is 36.1 Å². The van der Waals surface area contributed by atoms with Crippen LogP contribution in [0.15, 0.2) is 46.7 Å². The largest absolute Gasteiger partial charge is 0.289 e. The van der Waals surface area contributed by atoms with Gasteiger partial charge in [-0.25, -0.2) is 4.68 Å². The van der Waals surface area contributed by atoms with Crippen molar-refractivity contribution in [2.24, 2.45) is 0 Å². The molecule has 4 rings (SSSR count). The van der Waals surface area contributed by atoms with Gasteiger partial charge in [-0.1, -0.05) is 12.1 Å². The number of hydrogen-bond donors (Lipinski definition) is 1. The zero-order chi connectivity index (χ0) is 13.7. The van der Waals surface area contributed by atoms with E-state index in [1.54, 1.807) is 10.9 Å². The van der Waals surface area contributed by atoms with Gasteiger partial charge in [0.1, 0.15) is 5.00 Å². The number of rotatable bonds is 1. The molecule has 0 saturated carbocycles. The average Bonchev–Trinajstić information content (AvgIpc) is 3.06. The molecule has 20 heavy (non-hydrogen) atoms. The summed E-state index contributed by atoms with van der Waals surface area (Å²) in [7, 11) is 0. The first kappa shape index (κ1) is 11.4. The molecule has 0 radical (unpaired) electrons. The van der Waals surface area contributed by atoms with Gasteiger partial charge in [-0.15, -0.1) is 11.3 Å². The Morgan fingerprint density at radius 1 is 1.25 bits per heavy atom. The Morgan fingerprint density at radius 3 is 2.95 bits per heavy atom. The molecule has 0 unspecified atom stereocenters. The van der Waals surface area contributed by atoms with Crippen LogP contribution >= 0.6 is 11.3 Å². The second-order valence-electron chi connectivity index (χ2n) is 4.77. The lowest BCUT2D eigenvalue weighted by atomic mass is 10.1. The molecule has 4 nitrogen and oxygen atoms in total. The minimum Gasteiger partial charge on any atom is -0.289 e. The third-order valence-electron chi connectivity index (χ3n) is 3.41. The summed E-state index contributed by atoms with van der Waals surface area (Å²) >= 11 is 1.52. The lowest BCUT2D eigenvalue weighted by Gasteiger charge is -1.99. The van der Waals surface area contributed by atoms with Crippen molar-refractivity contribution in [3.05, 3.63) is 57.8 Å². The number of aromatic nitrogens is 3. The maximum atomic E-state index is 12.4. The fourth-order valence-corrected chi connectivity index (χ4v) is 3.11. The van der Waals surface area contributed by atoms with Crippen LogP contribution in [0.4, 0.5) is 0 Å². The summed E-state index contributed by atoms with van der Waals surface area (Å²) in [5.41, 5.74) is 2.84. The molecule has 0 aliphatic heterocycles. The number of benzene rings is 1. The number of aromatic amines is 1. The van der Waals surface area contributed by atoms with E-state index in [4.69, 9.17) is 0 Å². The summed E-state index contributed by atoms with van der Waals surface area (Å²) in [6, 6.07) is 9.91. The Labute approximate surface area is 118 Å². The van der Waals surface area contributed by atoms with E-state index in [1.807, 2.05) is 42.6 Å². The van der Waals surface area contributed by atoms with Gasteiger partial charge in [0.2, 0.25) is 0 Å². The number of thiophene rings is 1. The summed E-state index contributed by atoms with van der Waals surface area (Å²) in [4.78, 5) is 16.8. The normalized spacial score (nSPS) is 11.4. The molecule has 1 aromatic carbocycles. The second-order valence-corrected chi connectivity index (χ2v) is 5.70.